The van der Waals surface area contributed by atoms with Crippen LogP contribution in [0.2, 0.25) is 0 Å². The summed E-state index contributed by atoms with van der Waals surface area (Å²) in [6.45, 7) is 6.18. The monoisotopic (exact) mass is 254 g/mol. The van der Waals surface area contributed by atoms with Gasteiger partial charge < -0.3 is 4.74 Å². The van der Waals surface area contributed by atoms with Gasteiger partial charge in [-0.15, -0.1) is 0 Å². The van der Waals surface area contributed by atoms with Crippen molar-refractivity contribution >= 4 is 19.7 Å². The summed E-state index contributed by atoms with van der Waals surface area (Å²) in [5.74, 6) is -0.380. The lowest BCUT2D eigenvalue weighted by Crippen LogP contribution is -2.14. The Morgan fingerprint density at radius 3 is 1.47 bits per heavy atom. The first-order valence-corrected chi connectivity index (χ1v) is 7.54. The van der Waals surface area contributed by atoms with Gasteiger partial charge in [-0.3, -0.25) is 0 Å². The molecular formula is C8H14O5S2. The van der Waals surface area contributed by atoms with Crippen LogP contribution in [0.1, 0.15) is 0 Å². The second kappa shape index (κ2) is 6.04. The molecule has 7 heteroatoms. The summed E-state index contributed by atoms with van der Waals surface area (Å²) in [7, 11) is -6.54. The van der Waals surface area contributed by atoms with Gasteiger partial charge in [-0.25, -0.2) is 16.8 Å². The topological polar surface area (TPSA) is 77.5 Å². The fourth-order valence-corrected chi connectivity index (χ4v) is 1.65. The van der Waals surface area contributed by atoms with Crippen LogP contribution in [-0.4, -0.2) is 41.6 Å². The molecule has 0 spiro atoms. The van der Waals surface area contributed by atoms with E-state index in [0.29, 0.717) is 0 Å². The summed E-state index contributed by atoms with van der Waals surface area (Å²) in [4.78, 5) is 0. The van der Waals surface area contributed by atoms with E-state index in [2.05, 4.69) is 13.2 Å². The van der Waals surface area contributed by atoms with E-state index in [1.54, 1.807) is 0 Å². The molecule has 0 rings (SSSR count). The van der Waals surface area contributed by atoms with E-state index in [1.165, 1.54) is 0 Å². The zero-order chi connectivity index (χ0) is 11.9. The van der Waals surface area contributed by atoms with E-state index < -0.39 is 19.7 Å². The van der Waals surface area contributed by atoms with Gasteiger partial charge in [-0.05, 0) is 0 Å². The van der Waals surface area contributed by atoms with E-state index in [1.807, 2.05) is 0 Å². The molecule has 0 bridgehead atoms. The third-order valence-electron chi connectivity index (χ3n) is 1.53. The third kappa shape index (κ3) is 7.29. The summed E-state index contributed by atoms with van der Waals surface area (Å²) < 4.78 is 48.4. The Morgan fingerprint density at radius 2 is 1.20 bits per heavy atom. The molecule has 0 atom stereocenters. The molecule has 15 heavy (non-hydrogen) atoms. The van der Waals surface area contributed by atoms with Crippen LogP contribution in [0.3, 0.4) is 0 Å². The van der Waals surface area contributed by atoms with Crippen molar-refractivity contribution in [3.63, 3.8) is 0 Å². The lowest BCUT2D eigenvalue weighted by Gasteiger charge is -2.02. The van der Waals surface area contributed by atoms with E-state index in [9.17, 15) is 16.8 Å². The third-order valence-corrected chi connectivity index (χ3v) is 4.02. The van der Waals surface area contributed by atoms with Crippen LogP contribution in [0.25, 0.3) is 0 Å². The number of rotatable bonds is 8. The van der Waals surface area contributed by atoms with Gasteiger partial charge in [0.25, 0.3) is 0 Å². The van der Waals surface area contributed by atoms with Gasteiger partial charge >= 0.3 is 0 Å². The summed E-state index contributed by atoms with van der Waals surface area (Å²) >= 11 is 0. The highest BCUT2D eigenvalue weighted by Gasteiger charge is 2.06. The standard InChI is InChI=1S/C8H14O5S2/c1-3-14(9,10)7-5-13-6-8-15(11,12)4-2/h3-4H,1-2,5-8H2. The summed E-state index contributed by atoms with van der Waals surface area (Å²) in [6.07, 6.45) is 0. The first-order valence-electron chi connectivity index (χ1n) is 4.11. The fourth-order valence-electron chi connectivity index (χ4n) is 0.619. The molecule has 0 saturated heterocycles. The molecule has 0 aliphatic rings. The maximum Gasteiger partial charge on any atom is 0.173 e. The average molecular weight is 254 g/mol. The molecule has 0 aromatic heterocycles. The predicted octanol–water partition coefficient (Wildman–Crippen LogP) is 0.120. The minimum Gasteiger partial charge on any atom is -0.379 e. The number of hydrogen-bond donors (Lipinski definition) is 0. The summed E-state index contributed by atoms with van der Waals surface area (Å²) in [5, 5.41) is 1.69. The molecule has 0 aromatic carbocycles. The zero-order valence-electron chi connectivity index (χ0n) is 8.26. The normalized spacial score (nSPS) is 12.3. The van der Waals surface area contributed by atoms with E-state index in [4.69, 9.17) is 4.74 Å². The molecule has 0 saturated carbocycles. The highest BCUT2D eigenvalue weighted by Crippen LogP contribution is 1.93. The van der Waals surface area contributed by atoms with Crippen LogP contribution in [0, 0.1) is 0 Å². The highest BCUT2D eigenvalue weighted by molar-refractivity contribution is 7.94. The molecule has 0 N–H and O–H groups in total. The largest absolute Gasteiger partial charge is 0.379 e. The van der Waals surface area contributed by atoms with Crippen molar-refractivity contribution in [3.05, 3.63) is 24.0 Å². The van der Waals surface area contributed by atoms with Gasteiger partial charge in [-0.2, -0.15) is 0 Å². The fraction of sp³-hybridized carbons (Fsp3) is 0.500. The first-order chi connectivity index (χ1) is 6.83. The van der Waals surface area contributed by atoms with Gasteiger partial charge in [0.15, 0.2) is 19.7 Å². The molecule has 5 nitrogen and oxygen atoms in total. The Balaban J connectivity index is 3.75. The maximum absolute atomic E-state index is 10.9. The van der Waals surface area contributed by atoms with Crippen molar-refractivity contribution in [2.45, 2.75) is 0 Å². The second-order valence-corrected chi connectivity index (χ2v) is 6.81. The molecule has 88 valence electrons. The van der Waals surface area contributed by atoms with Crippen LogP contribution in [-0.2, 0) is 24.4 Å². The Hall–Kier alpha value is -0.660. The summed E-state index contributed by atoms with van der Waals surface area (Å²) in [5.41, 5.74) is 0. The molecule has 0 heterocycles. The van der Waals surface area contributed by atoms with Crippen molar-refractivity contribution in [1.29, 1.82) is 0 Å². The van der Waals surface area contributed by atoms with Crippen molar-refractivity contribution in [3.8, 4) is 0 Å². The Morgan fingerprint density at radius 1 is 0.867 bits per heavy atom. The number of hydrogen-bond acceptors (Lipinski definition) is 5. The second-order valence-electron chi connectivity index (χ2n) is 2.68. The quantitative estimate of drug-likeness (QED) is 0.575. The first kappa shape index (κ1) is 14.3. The Bertz CT molecular complexity index is 364. The van der Waals surface area contributed by atoms with Crippen molar-refractivity contribution in [1.82, 2.24) is 0 Å². The number of sulfone groups is 2. The van der Waals surface area contributed by atoms with Crippen molar-refractivity contribution in [2.24, 2.45) is 0 Å². The predicted molar refractivity (Wildman–Crippen MR) is 58.8 cm³/mol. The molecule has 0 radical (unpaired) electrons. The molecule has 0 aliphatic heterocycles. The van der Waals surface area contributed by atoms with Gasteiger partial charge in [-0.1, -0.05) is 13.2 Å². The van der Waals surface area contributed by atoms with E-state index in [-0.39, 0.29) is 24.7 Å². The molecular weight excluding hydrogens is 240 g/mol. The van der Waals surface area contributed by atoms with Crippen LogP contribution in [0.4, 0.5) is 0 Å². The van der Waals surface area contributed by atoms with Crippen LogP contribution in [0.15, 0.2) is 24.0 Å². The zero-order valence-corrected chi connectivity index (χ0v) is 9.89. The van der Waals surface area contributed by atoms with Crippen LogP contribution < -0.4 is 0 Å². The van der Waals surface area contributed by atoms with Gasteiger partial charge in [0.2, 0.25) is 0 Å². The van der Waals surface area contributed by atoms with E-state index >= 15 is 0 Å². The molecule has 0 amide bonds. The highest BCUT2D eigenvalue weighted by atomic mass is 32.2. The Kier molecular flexibility index (Phi) is 5.77. The minimum absolute atomic E-state index is 0.0407. The van der Waals surface area contributed by atoms with Crippen LogP contribution >= 0.6 is 0 Å². The SMILES string of the molecule is C=CS(=O)(=O)CCOCCS(=O)(=O)C=C. The lowest BCUT2D eigenvalue weighted by molar-refractivity contribution is 0.165. The smallest absolute Gasteiger partial charge is 0.173 e. The minimum atomic E-state index is -3.27. The van der Waals surface area contributed by atoms with Crippen molar-refractivity contribution in [2.75, 3.05) is 24.7 Å². The van der Waals surface area contributed by atoms with Gasteiger partial charge in [0.1, 0.15) is 0 Å². The van der Waals surface area contributed by atoms with Crippen molar-refractivity contribution < 1.29 is 21.6 Å². The van der Waals surface area contributed by atoms with Gasteiger partial charge in [0, 0.05) is 10.8 Å². The molecule has 0 unspecified atom stereocenters. The number of ether oxygens (including phenoxy) is 1. The average Bonchev–Trinajstić information content (AvgIpc) is 2.17. The lowest BCUT2D eigenvalue weighted by atomic mass is 10.8. The van der Waals surface area contributed by atoms with Gasteiger partial charge in [0.05, 0.1) is 24.7 Å². The Labute approximate surface area is 90.3 Å². The molecule has 0 aliphatic carbocycles. The van der Waals surface area contributed by atoms with Crippen LogP contribution in [0.5, 0.6) is 0 Å². The summed E-state index contributed by atoms with van der Waals surface area (Å²) in [6, 6.07) is 0. The molecule has 0 fully saturated rings. The van der Waals surface area contributed by atoms with E-state index in [0.717, 1.165) is 10.8 Å². The molecule has 0 aromatic rings. The maximum atomic E-state index is 10.9.